The summed E-state index contributed by atoms with van der Waals surface area (Å²) in [5.74, 6) is 0.390. The van der Waals surface area contributed by atoms with E-state index in [2.05, 4.69) is 38.1 Å². The number of carbonyl (C=O) groups excluding carboxylic acids is 1. The number of unbranched alkanes of at least 4 members (excludes halogenated alkanes) is 1. The fraction of sp³-hybridized carbons (Fsp3) is 0.615. The minimum Gasteiger partial charge on any atom is -0.443 e. The van der Waals surface area contributed by atoms with Crippen LogP contribution in [0.15, 0.2) is 12.4 Å². The molecular formula is C13H20BrN3O2. The zero-order valence-corrected chi connectivity index (χ0v) is 13.2. The topological polar surface area (TPSA) is 64.1 Å². The van der Waals surface area contributed by atoms with E-state index < -0.39 is 11.7 Å². The number of nitrogens with zero attached hydrogens (tertiary/aromatic N) is 2. The Balaban J connectivity index is 2.49. The first kappa shape index (κ1) is 15.9. The molecule has 0 unspecified atom stereocenters. The smallest absolute Gasteiger partial charge is 0.413 e. The molecule has 19 heavy (non-hydrogen) atoms. The van der Waals surface area contributed by atoms with Gasteiger partial charge in [0, 0.05) is 5.33 Å². The summed E-state index contributed by atoms with van der Waals surface area (Å²) in [7, 11) is 0. The van der Waals surface area contributed by atoms with Gasteiger partial charge in [-0.3, -0.25) is 10.3 Å². The van der Waals surface area contributed by atoms with Crippen LogP contribution < -0.4 is 5.32 Å². The van der Waals surface area contributed by atoms with E-state index in [1.54, 1.807) is 6.20 Å². The van der Waals surface area contributed by atoms with E-state index in [4.69, 9.17) is 4.74 Å². The summed E-state index contributed by atoms with van der Waals surface area (Å²) < 4.78 is 5.37. The van der Waals surface area contributed by atoms with Crippen LogP contribution in [-0.4, -0.2) is 21.7 Å². The quantitative estimate of drug-likeness (QED) is 0.804. The molecule has 1 rings (SSSR count). The number of amides is 1. The third-order valence-electron chi connectivity index (χ3n) is 2.57. The molecule has 0 atom stereocenters. The van der Waals surface area contributed by atoms with Crippen molar-refractivity contribution in [3.8, 4) is 0 Å². The standard InChI is InChI=1S/C13H20BrN3O2/c1-4-5-6-13(2,3)19-12(18)17-11-9-15-10(7-14)8-16-11/h8-9H,4-7H2,1-3H3,(H,16,17,18). The van der Waals surface area contributed by atoms with Gasteiger partial charge in [0.1, 0.15) is 5.60 Å². The Morgan fingerprint density at radius 1 is 1.42 bits per heavy atom. The van der Waals surface area contributed by atoms with Crippen LogP contribution in [0, 0.1) is 0 Å². The maximum Gasteiger partial charge on any atom is 0.413 e. The molecule has 0 spiro atoms. The van der Waals surface area contributed by atoms with Crippen molar-refractivity contribution in [3.05, 3.63) is 18.1 Å². The number of rotatable bonds is 6. The first-order valence-electron chi connectivity index (χ1n) is 6.33. The molecular weight excluding hydrogens is 310 g/mol. The number of nitrogens with one attached hydrogen (secondary N) is 1. The summed E-state index contributed by atoms with van der Waals surface area (Å²) in [5.41, 5.74) is 0.339. The van der Waals surface area contributed by atoms with E-state index in [1.165, 1.54) is 6.20 Å². The SMILES string of the molecule is CCCCC(C)(C)OC(=O)Nc1cnc(CBr)cn1. The molecule has 0 aliphatic carbocycles. The van der Waals surface area contributed by atoms with Gasteiger partial charge in [-0.25, -0.2) is 9.78 Å². The van der Waals surface area contributed by atoms with Gasteiger partial charge >= 0.3 is 6.09 Å². The minimum absolute atomic E-state index is 0.390. The monoisotopic (exact) mass is 329 g/mol. The van der Waals surface area contributed by atoms with Crippen LogP contribution in [0.5, 0.6) is 0 Å². The Labute approximate surface area is 122 Å². The van der Waals surface area contributed by atoms with Crippen molar-refractivity contribution in [2.24, 2.45) is 0 Å². The van der Waals surface area contributed by atoms with Crippen molar-refractivity contribution in [2.45, 2.75) is 51.0 Å². The highest BCUT2D eigenvalue weighted by atomic mass is 79.9. The molecule has 5 nitrogen and oxygen atoms in total. The molecule has 0 aromatic carbocycles. The maximum atomic E-state index is 11.7. The third-order valence-corrected chi connectivity index (χ3v) is 3.15. The van der Waals surface area contributed by atoms with Gasteiger partial charge in [-0.15, -0.1) is 0 Å². The van der Waals surface area contributed by atoms with E-state index in [-0.39, 0.29) is 0 Å². The van der Waals surface area contributed by atoms with Crippen LogP contribution in [0.3, 0.4) is 0 Å². The van der Waals surface area contributed by atoms with E-state index in [1.807, 2.05) is 13.8 Å². The highest BCUT2D eigenvalue weighted by Crippen LogP contribution is 2.18. The molecule has 1 aromatic rings. The number of hydrogen-bond acceptors (Lipinski definition) is 4. The zero-order valence-electron chi connectivity index (χ0n) is 11.6. The summed E-state index contributed by atoms with van der Waals surface area (Å²) in [6.45, 7) is 5.92. The fourth-order valence-electron chi connectivity index (χ4n) is 1.52. The average molecular weight is 330 g/mol. The lowest BCUT2D eigenvalue weighted by molar-refractivity contribution is 0.0407. The van der Waals surface area contributed by atoms with Gasteiger partial charge in [0.15, 0.2) is 5.82 Å². The molecule has 0 aliphatic heterocycles. The van der Waals surface area contributed by atoms with Crippen LogP contribution in [0.2, 0.25) is 0 Å². The van der Waals surface area contributed by atoms with E-state index in [0.29, 0.717) is 11.1 Å². The van der Waals surface area contributed by atoms with Crippen LogP contribution >= 0.6 is 15.9 Å². The Hall–Kier alpha value is -1.17. The minimum atomic E-state index is -0.498. The molecule has 1 heterocycles. The lowest BCUT2D eigenvalue weighted by Crippen LogP contribution is -2.30. The van der Waals surface area contributed by atoms with Gasteiger partial charge in [0.2, 0.25) is 0 Å². The van der Waals surface area contributed by atoms with Crippen LogP contribution in [0.4, 0.5) is 10.6 Å². The van der Waals surface area contributed by atoms with E-state index in [0.717, 1.165) is 25.0 Å². The van der Waals surface area contributed by atoms with Crippen molar-refractivity contribution in [3.63, 3.8) is 0 Å². The van der Waals surface area contributed by atoms with E-state index >= 15 is 0 Å². The highest BCUT2D eigenvalue weighted by molar-refractivity contribution is 9.08. The third kappa shape index (κ3) is 6.00. The van der Waals surface area contributed by atoms with Crippen molar-refractivity contribution >= 4 is 27.8 Å². The number of alkyl halides is 1. The molecule has 0 saturated heterocycles. The number of anilines is 1. The van der Waals surface area contributed by atoms with Gasteiger partial charge in [0.05, 0.1) is 18.1 Å². The summed E-state index contributed by atoms with van der Waals surface area (Å²) >= 11 is 3.28. The summed E-state index contributed by atoms with van der Waals surface area (Å²) in [5, 5.41) is 3.21. The Kier molecular flexibility index (Phi) is 6.21. The van der Waals surface area contributed by atoms with Gasteiger partial charge < -0.3 is 4.74 Å². The zero-order chi connectivity index (χ0) is 14.3. The lowest BCUT2D eigenvalue weighted by atomic mass is 10.0. The number of halogens is 1. The van der Waals surface area contributed by atoms with E-state index in [9.17, 15) is 4.79 Å². The lowest BCUT2D eigenvalue weighted by Gasteiger charge is -2.24. The largest absolute Gasteiger partial charge is 0.443 e. The molecule has 0 radical (unpaired) electrons. The van der Waals surface area contributed by atoms with Crippen LogP contribution in [0.1, 0.15) is 45.7 Å². The Morgan fingerprint density at radius 3 is 2.68 bits per heavy atom. The summed E-state index contributed by atoms with van der Waals surface area (Å²) in [6, 6.07) is 0. The molecule has 0 bridgehead atoms. The van der Waals surface area contributed by atoms with Crippen molar-refractivity contribution < 1.29 is 9.53 Å². The van der Waals surface area contributed by atoms with Gasteiger partial charge in [-0.2, -0.15) is 0 Å². The number of carbonyl (C=O) groups is 1. The van der Waals surface area contributed by atoms with Crippen LogP contribution in [0.25, 0.3) is 0 Å². The van der Waals surface area contributed by atoms with Gasteiger partial charge in [-0.05, 0) is 26.7 Å². The predicted octanol–water partition coefficient (Wildman–Crippen LogP) is 3.89. The summed E-state index contributed by atoms with van der Waals surface area (Å²) in [4.78, 5) is 19.9. The summed E-state index contributed by atoms with van der Waals surface area (Å²) in [6.07, 6.45) is 5.56. The predicted molar refractivity (Wildman–Crippen MR) is 78.4 cm³/mol. The molecule has 1 amide bonds. The highest BCUT2D eigenvalue weighted by Gasteiger charge is 2.22. The number of ether oxygens (including phenoxy) is 1. The fourth-order valence-corrected chi connectivity index (χ4v) is 1.81. The van der Waals surface area contributed by atoms with Gasteiger partial charge in [0.25, 0.3) is 0 Å². The molecule has 1 N–H and O–H groups in total. The van der Waals surface area contributed by atoms with Crippen molar-refractivity contribution in [2.75, 3.05) is 5.32 Å². The van der Waals surface area contributed by atoms with Crippen molar-refractivity contribution in [1.29, 1.82) is 0 Å². The molecule has 106 valence electrons. The molecule has 0 saturated carbocycles. The molecule has 0 aliphatic rings. The Morgan fingerprint density at radius 2 is 2.16 bits per heavy atom. The molecule has 1 aromatic heterocycles. The second kappa shape index (κ2) is 7.43. The molecule has 6 heteroatoms. The van der Waals surface area contributed by atoms with Gasteiger partial charge in [-0.1, -0.05) is 29.3 Å². The van der Waals surface area contributed by atoms with Crippen molar-refractivity contribution in [1.82, 2.24) is 9.97 Å². The normalized spacial score (nSPS) is 11.2. The second-order valence-electron chi connectivity index (χ2n) is 4.90. The maximum absolute atomic E-state index is 11.7. The van der Waals surface area contributed by atoms with Crippen LogP contribution in [-0.2, 0) is 10.1 Å². The first-order chi connectivity index (χ1) is 8.96. The average Bonchev–Trinajstić information content (AvgIpc) is 2.36. The first-order valence-corrected chi connectivity index (χ1v) is 7.46. The number of hydrogen-bond donors (Lipinski definition) is 1. The molecule has 0 fully saturated rings. The second-order valence-corrected chi connectivity index (χ2v) is 5.47. The number of aromatic nitrogens is 2. The Bertz CT molecular complexity index is 407.